The van der Waals surface area contributed by atoms with Gasteiger partial charge in [-0.15, -0.1) is 5.10 Å². The Balaban J connectivity index is 1.38. The molecule has 0 amide bonds. The van der Waals surface area contributed by atoms with Crippen molar-refractivity contribution in [2.45, 2.75) is 59.2 Å². The number of rotatable bonds is 6. The molecule has 2 aromatic heterocycles. The average Bonchev–Trinajstić information content (AvgIpc) is 3.61. The predicted molar refractivity (Wildman–Crippen MR) is 152 cm³/mol. The minimum absolute atomic E-state index is 0.0922. The topological polar surface area (TPSA) is 92.2 Å². The number of aromatic nitrogens is 5. The molecule has 2 saturated heterocycles. The largest absolute Gasteiger partial charge is 0.376 e. The fourth-order valence-electron chi connectivity index (χ4n) is 6.00. The SMILES string of the molecule is Cc1ccc(C)c(N2CCN([C@@H](c3cc4cc(C)c(C)cc4[nH]c3=O)c3nnnn3C[C@H]3CCCO3)CC2)c1. The second-order valence-electron chi connectivity index (χ2n) is 11.1. The molecule has 1 N–H and O–H groups in total. The molecule has 0 aliphatic carbocycles. The molecule has 2 aliphatic rings. The number of ether oxygens (including phenoxy) is 1. The Kier molecular flexibility index (Phi) is 6.95. The first kappa shape index (κ1) is 25.7. The van der Waals surface area contributed by atoms with E-state index in [2.05, 4.69) is 88.3 Å². The molecule has 0 bridgehead atoms. The van der Waals surface area contributed by atoms with E-state index in [9.17, 15) is 4.79 Å². The van der Waals surface area contributed by atoms with Gasteiger partial charge in [0.15, 0.2) is 5.82 Å². The van der Waals surface area contributed by atoms with Crippen LogP contribution in [0.3, 0.4) is 0 Å². The summed E-state index contributed by atoms with van der Waals surface area (Å²) in [5.41, 5.74) is 7.61. The van der Waals surface area contributed by atoms with E-state index in [1.807, 2.05) is 10.7 Å². The Morgan fingerprint density at radius 1 is 1.00 bits per heavy atom. The molecule has 2 fully saturated rings. The minimum Gasteiger partial charge on any atom is -0.376 e. The number of aromatic amines is 1. The molecule has 9 heteroatoms. The Hall–Kier alpha value is -3.56. The minimum atomic E-state index is -0.364. The molecule has 204 valence electrons. The Morgan fingerprint density at radius 3 is 2.56 bits per heavy atom. The lowest BCUT2D eigenvalue weighted by atomic mass is 10.00. The summed E-state index contributed by atoms with van der Waals surface area (Å²) in [5, 5.41) is 13.9. The molecule has 2 aromatic carbocycles. The molecule has 2 aliphatic heterocycles. The highest BCUT2D eigenvalue weighted by Crippen LogP contribution is 2.31. The van der Waals surface area contributed by atoms with Crippen molar-refractivity contribution in [2.75, 3.05) is 37.7 Å². The van der Waals surface area contributed by atoms with E-state index in [4.69, 9.17) is 4.74 Å². The van der Waals surface area contributed by atoms with E-state index in [-0.39, 0.29) is 17.7 Å². The van der Waals surface area contributed by atoms with E-state index >= 15 is 0 Å². The molecule has 0 saturated carbocycles. The van der Waals surface area contributed by atoms with Gasteiger partial charge in [-0.1, -0.05) is 12.1 Å². The lowest BCUT2D eigenvalue weighted by Gasteiger charge is -2.40. The summed E-state index contributed by atoms with van der Waals surface area (Å²) in [6, 6.07) is 12.5. The quantitative estimate of drug-likeness (QED) is 0.407. The van der Waals surface area contributed by atoms with Gasteiger partial charge in [-0.2, -0.15) is 0 Å². The fraction of sp³-hybridized carbons (Fsp3) is 0.467. The summed E-state index contributed by atoms with van der Waals surface area (Å²) >= 11 is 0. The number of fused-ring (bicyclic) bond motifs is 1. The lowest BCUT2D eigenvalue weighted by Crippen LogP contribution is -2.49. The monoisotopic (exact) mass is 527 g/mol. The number of nitrogens with zero attached hydrogens (tertiary/aromatic N) is 6. The molecule has 39 heavy (non-hydrogen) atoms. The first-order valence-corrected chi connectivity index (χ1v) is 14.0. The van der Waals surface area contributed by atoms with Crippen molar-refractivity contribution in [1.82, 2.24) is 30.1 Å². The van der Waals surface area contributed by atoms with Gasteiger partial charge in [0.25, 0.3) is 5.56 Å². The van der Waals surface area contributed by atoms with E-state index in [0.29, 0.717) is 17.9 Å². The van der Waals surface area contributed by atoms with Crippen molar-refractivity contribution in [3.05, 3.63) is 80.4 Å². The molecule has 9 nitrogen and oxygen atoms in total. The third-order valence-corrected chi connectivity index (χ3v) is 8.37. The van der Waals surface area contributed by atoms with Crippen molar-refractivity contribution in [3.63, 3.8) is 0 Å². The third-order valence-electron chi connectivity index (χ3n) is 8.37. The molecule has 0 spiro atoms. The van der Waals surface area contributed by atoms with Crippen LogP contribution in [0.25, 0.3) is 10.9 Å². The highest BCUT2D eigenvalue weighted by molar-refractivity contribution is 5.81. The van der Waals surface area contributed by atoms with Crippen LogP contribution < -0.4 is 10.5 Å². The zero-order valence-electron chi connectivity index (χ0n) is 23.3. The molecule has 0 radical (unpaired) electrons. The molecular formula is C30H37N7O2. The first-order chi connectivity index (χ1) is 18.9. The number of aryl methyl sites for hydroxylation is 4. The second kappa shape index (κ2) is 10.5. The Morgan fingerprint density at radius 2 is 1.79 bits per heavy atom. The first-order valence-electron chi connectivity index (χ1n) is 14.0. The van der Waals surface area contributed by atoms with Crippen molar-refractivity contribution in [1.29, 1.82) is 0 Å². The lowest BCUT2D eigenvalue weighted by molar-refractivity contribution is 0.0906. The zero-order chi connectivity index (χ0) is 27.1. The smallest absolute Gasteiger partial charge is 0.253 e. The van der Waals surface area contributed by atoms with Crippen LogP contribution in [0.4, 0.5) is 5.69 Å². The Bertz CT molecular complexity index is 1540. The van der Waals surface area contributed by atoms with E-state index in [0.717, 1.165) is 62.1 Å². The van der Waals surface area contributed by atoms with Gasteiger partial charge in [-0.25, -0.2) is 4.68 Å². The van der Waals surface area contributed by atoms with Gasteiger partial charge in [0.2, 0.25) is 0 Å². The van der Waals surface area contributed by atoms with E-state index < -0.39 is 0 Å². The van der Waals surface area contributed by atoms with Gasteiger partial charge in [0, 0.05) is 49.6 Å². The van der Waals surface area contributed by atoms with Gasteiger partial charge in [0.05, 0.1) is 12.6 Å². The molecule has 4 aromatic rings. The van der Waals surface area contributed by atoms with E-state index in [1.54, 1.807) is 0 Å². The highest BCUT2D eigenvalue weighted by atomic mass is 16.5. The maximum absolute atomic E-state index is 13.6. The maximum atomic E-state index is 13.6. The van der Waals surface area contributed by atoms with Gasteiger partial charge >= 0.3 is 0 Å². The highest BCUT2D eigenvalue weighted by Gasteiger charge is 2.34. The Labute approximate surface area is 228 Å². The number of pyridine rings is 1. The molecule has 0 unspecified atom stereocenters. The van der Waals surface area contributed by atoms with Crippen LogP contribution in [-0.4, -0.2) is 69.0 Å². The van der Waals surface area contributed by atoms with Crippen molar-refractivity contribution in [3.8, 4) is 0 Å². The van der Waals surface area contributed by atoms with Crippen LogP contribution >= 0.6 is 0 Å². The standard InChI is InChI=1S/C30H37N7O2/c1-19-7-8-20(2)27(14-19)35-9-11-36(12-10-35)28(29-32-33-34-37(29)18-24-6-5-13-39-24)25-17-23-15-21(3)22(4)16-26(23)31-30(25)38/h7-8,14-17,24,28H,5-6,9-13,18H2,1-4H3,(H,31,38)/t24-,28+/m1/s1. The number of anilines is 1. The molecule has 4 heterocycles. The average molecular weight is 528 g/mol. The maximum Gasteiger partial charge on any atom is 0.253 e. The summed E-state index contributed by atoms with van der Waals surface area (Å²) in [6.07, 6.45) is 2.14. The number of hydrogen-bond acceptors (Lipinski definition) is 7. The fourth-order valence-corrected chi connectivity index (χ4v) is 6.00. The number of nitrogens with one attached hydrogen (secondary N) is 1. The van der Waals surface area contributed by atoms with Crippen LogP contribution in [-0.2, 0) is 11.3 Å². The molecule has 2 atom stereocenters. The van der Waals surface area contributed by atoms with Gasteiger partial charge < -0.3 is 14.6 Å². The van der Waals surface area contributed by atoms with Crippen LogP contribution in [0, 0.1) is 27.7 Å². The summed E-state index contributed by atoms with van der Waals surface area (Å²) in [7, 11) is 0. The van der Waals surface area contributed by atoms with Gasteiger partial charge in [-0.3, -0.25) is 9.69 Å². The van der Waals surface area contributed by atoms with Crippen LogP contribution in [0.2, 0.25) is 0 Å². The van der Waals surface area contributed by atoms with Crippen molar-refractivity contribution >= 4 is 16.6 Å². The van der Waals surface area contributed by atoms with E-state index in [1.165, 1.54) is 22.4 Å². The van der Waals surface area contributed by atoms with Gasteiger partial charge in [-0.05, 0) is 103 Å². The van der Waals surface area contributed by atoms with Gasteiger partial charge in [0.1, 0.15) is 6.04 Å². The van der Waals surface area contributed by atoms with Crippen molar-refractivity contribution < 1.29 is 4.74 Å². The number of tetrazole rings is 1. The summed E-state index contributed by atoms with van der Waals surface area (Å²) in [6.45, 7) is 13.1. The summed E-state index contributed by atoms with van der Waals surface area (Å²) in [5.74, 6) is 0.694. The second-order valence-corrected chi connectivity index (χ2v) is 11.1. The molecule has 6 rings (SSSR count). The van der Waals surface area contributed by atoms with Crippen LogP contribution in [0.15, 0.2) is 41.2 Å². The summed E-state index contributed by atoms with van der Waals surface area (Å²) in [4.78, 5) is 21.6. The van der Waals surface area contributed by atoms with Crippen LogP contribution in [0.5, 0.6) is 0 Å². The summed E-state index contributed by atoms with van der Waals surface area (Å²) < 4.78 is 7.75. The number of H-pyrrole nitrogens is 1. The number of piperazine rings is 1. The predicted octanol–water partition coefficient (Wildman–Crippen LogP) is 3.84. The zero-order valence-corrected chi connectivity index (χ0v) is 23.3. The number of hydrogen-bond donors (Lipinski definition) is 1. The normalized spacial score (nSPS) is 19.2. The van der Waals surface area contributed by atoms with Crippen molar-refractivity contribution in [2.24, 2.45) is 0 Å². The third kappa shape index (κ3) is 5.08. The molecular weight excluding hydrogens is 490 g/mol. The number of benzene rings is 2. The van der Waals surface area contributed by atoms with Crippen LogP contribution in [0.1, 0.15) is 52.5 Å².